The van der Waals surface area contributed by atoms with E-state index in [9.17, 15) is 13.6 Å². The van der Waals surface area contributed by atoms with Crippen molar-refractivity contribution in [3.05, 3.63) is 34.2 Å². The summed E-state index contributed by atoms with van der Waals surface area (Å²) in [6.45, 7) is 1.44. The van der Waals surface area contributed by atoms with Crippen LogP contribution >= 0.6 is 11.3 Å². The third-order valence-electron chi connectivity index (χ3n) is 2.73. The number of nitrogens with one attached hydrogen (secondary N) is 1. The summed E-state index contributed by atoms with van der Waals surface area (Å²) in [6, 6.07) is 1.96. The van der Waals surface area contributed by atoms with Crippen molar-refractivity contribution in [2.24, 2.45) is 0 Å². The summed E-state index contributed by atoms with van der Waals surface area (Å²) in [5, 5.41) is 2.85. The number of thiazole rings is 1. The van der Waals surface area contributed by atoms with Crippen LogP contribution in [0.15, 0.2) is 12.1 Å². The monoisotopic (exact) mass is 312 g/mol. The highest BCUT2D eigenvalue weighted by Gasteiger charge is 2.19. The van der Waals surface area contributed by atoms with E-state index >= 15 is 0 Å². The summed E-state index contributed by atoms with van der Waals surface area (Å²) >= 11 is 1.07. The van der Waals surface area contributed by atoms with Gasteiger partial charge in [-0.3, -0.25) is 4.79 Å². The number of carbonyl (C=O) groups excluding carboxylic acids is 1. The fourth-order valence-electron chi connectivity index (χ4n) is 1.60. The van der Waals surface area contributed by atoms with E-state index < -0.39 is 17.5 Å². The van der Waals surface area contributed by atoms with Gasteiger partial charge in [-0.2, -0.15) is 0 Å². The summed E-state index contributed by atoms with van der Waals surface area (Å²) < 4.78 is 27.1. The highest BCUT2D eigenvalue weighted by atomic mass is 32.1. The molecule has 0 aliphatic carbocycles. The lowest BCUT2D eigenvalue weighted by atomic mass is 10.2. The van der Waals surface area contributed by atoms with E-state index in [1.165, 1.54) is 6.92 Å². The van der Waals surface area contributed by atoms with Crippen molar-refractivity contribution in [2.45, 2.75) is 6.92 Å². The lowest BCUT2D eigenvalue weighted by Gasteiger charge is -2.07. The van der Waals surface area contributed by atoms with E-state index in [-0.39, 0.29) is 21.9 Å². The van der Waals surface area contributed by atoms with Crippen LogP contribution in [-0.4, -0.2) is 25.0 Å². The molecule has 3 N–H and O–H groups in total. The van der Waals surface area contributed by atoms with Crippen molar-refractivity contribution in [3.63, 3.8) is 0 Å². The van der Waals surface area contributed by atoms with Gasteiger partial charge >= 0.3 is 0 Å². The van der Waals surface area contributed by atoms with Gasteiger partial charge in [0.2, 0.25) is 0 Å². The SMILES string of the molecule is Cc1cc(F)c(NC(=O)c2sc(N(C)C)nc2N)cc1F. The van der Waals surface area contributed by atoms with Gasteiger partial charge in [0.15, 0.2) is 5.13 Å². The second kappa shape index (κ2) is 5.65. The largest absolute Gasteiger partial charge is 0.382 e. The van der Waals surface area contributed by atoms with Crippen LogP contribution in [0.5, 0.6) is 0 Å². The maximum atomic E-state index is 13.7. The Morgan fingerprint density at radius 1 is 1.33 bits per heavy atom. The second-order valence-electron chi connectivity index (χ2n) is 4.64. The maximum absolute atomic E-state index is 13.7. The van der Waals surface area contributed by atoms with Gasteiger partial charge < -0.3 is 16.0 Å². The van der Waals surface area contributed by atoms with Crippen LogP contribution in [0.3, 0.4) is 0 Å². The Morgan fingerprint density at radius 2 is 2.00 bits per heavy atom. The molecule has 5 nitrogen and oxygen atoms in total. The Kier molecular flexibility index (Phi) is 4.08. The van der Waals surface area contributed by atoms with Gasteiger partial charge in [-0.15, -0.1) is 0 Å². The first kappa shape index (κ1) is 15.2. The first-order valence-corrected chi connectivity index (χ1v) is 6.82. The zero-order valence-corrected chi connectivity index (χ0v) is 12.5. The molecule has 1 heterocycles. The molecule has 2 rings (SSSR count). The number of aromatic nitrogens is 1. The standard InChI is InChI=1S/C13H14F2N4OS/c1-6-4-8(15)9(5-7(6)14)17-12(20)10-11(16)18-13(21-10)19(2)3/h4-5H,16H2,1-3H3,(H,17,20). The van der Waals surface area contributed by atoms with Gasteiger partial charge in [-0.25, -0.2) is 13.8 Å². The van der Waals surface area contributed by atoms with Crippen LogP contribution in [0.2, 0.25) is 0 Å². The zero-order valence-electron chi connectivity index (χ0n) is 11.7. The predicted molar refractivity (Wildman–Crippen MR) is 79.9 cm³/mol. The van der Waals surface area contributed by atoms with Crippen molar-refractivity contribution < 1.29 is 13.6 Å². The third-order valence-corrected chi connectivity index (χ3v) is 3.97. The first-order chi connectivity index (χ1) is 9.79. The minimum atomic E-state index is -0.710. The Labute approximate surface area is 124 Å². The third kappa shape index (κ3) is 3.10. The summed E-state index contributed by atoms with van der Waals surface area (Å²) in [4.78, 5) is 18.0. The number of benzene rings is 1. The molecule has 2 aromatic rings. The minimum Gasteiger partial charge on any atom is -0.382 e. The molecule has 0 saturated heterocycles. The fraction of sp³-hybridized carbons (Fsp3) is 0.231. The van der Waals surface area contributed by atoms with Crippen LogP contribution in [-0.2, 0) is 0 Å². The molecule has 112 valence electrons. The van der Waals surface area contributed by atoms with Gasteiger partial charge in [0.25, 0.3) is 5.91 Å². The fourth-order valence-corrected chi connectivity index (χ4v) is 2.40. The van der Waals surface area contributed by atoms with Crippen LogP contribution < -0.4 is 16.0 Å². The molecule has 0 aliphatic rings. The number of carbonyl (C=O) groups is 1. The van der Waals surface area contributed by atoms with Crippen molar-refractivity contribution in [1.82, 2.24) is 4.98 Å². The molecule has 0 spiro atoms. The topological polar surface area (TPSA) is 71.2 Å². The van der Waals surface area contributed by atoms with E-state index in [2.05, 4.69) is 10.3 Å². The average molecular weight is 312 g/mol. The Morgan fingerprint density at radius 3 is 2.57 bits per heavy atom. The van der Waals surface area contributed by atoms with Gasteiger partial charge in [0.1, 0.15) is 22.3 Å². The molecule has 1 aromatic carbocycles. The van der Waals surface area contributed by atoms with Crippen LogP contribution in [0.4, 0.5) is 25.4 Å². The molecule has 1 aromatic heterocycles. The zero-order chi connectivity index (χ0) is 15.7. The summed E-state index contributed by atoms with van der Waals surface area (Å²) in [7, 11) is 3.52. The second-order valence-corrected chi connectivity index (χ2v) is 5.62. The Hall–Kier alpha value is -2.22. The summed E-state index contributed by atoms with van der Waals surface area (Å²) in [5.74, 6) is -1.88. The number of anilines is 3. The number of nitrogens with two attached hydrogens (primary N) is 1. The smallest absolute Gasteiger partial charge is 0.269 e. The maximum Gasteiger partial charge on any atom is 0.269 e. The minimum absolute atomic E-state index is 0.0502. The van der Waals surface area contributed by atoms with E-state index in [0.29, 0.717) is 5.13 Å². The first-order valence-electron chi connectivity index (χ1n) is 6.00. The normalized spacial score (nSPS) is 10.5. The molecule has 0 unspecified atom stereocenters. The quantitative estimate of drug-likeness (QED) is 0.914. The molecule has 1 amide bonds. The Balaban J connectivity index is 2.28. The average Bonchev–Trinajstić information content (AvgIpc) is 2.78. The van der Waals surface area contributed by atoms with Crippen LogP contribution in [0.25, 0.3) is 0 Å². The van der Waals surface area contributed by atoms with Crippen LogP contribution in [0.1, 0.15) is 15.2 Å². The molecule has 0 saturated carbocycles. The molecule has 0 atom stereocenters. The Bertz CT molecular complexity index is 700. The van der Waals surface area contributed by atoms with E-state index in [1.54, 1.807) is 19.0 Å². The van der Waals surface area contributed by atoms with Crippen molar-refractivity contribution >= 4 is 33.9 Å². The molecule has 0 bridgehead atoms. The van der Waals surface area contributed by atoms with Crippen molar-refractivity contribution in [1.29, 1.82) is 0 Å². The van der Waals surface area contributed by atoms with Crippen LogP contribution in [0, 0.1) is 18.6 Å². The number of halogens is 2. The van der Waals surface area contributed by atoms with Gasteiger partial charge in [0.05, 0.1) is 5.69 Å². The molecule has 21 heavy (non-hydrogen) atoms. The molecular weight excluding hydrogens is 298 g/mol. The van der Waals surface area contributed by atoms with Gasteiger partial charge in [-0.05, 0) is 18.6 Å². The molecule has 8 heteroatoms. The predicted octanol–water partition coefficient (Wildman–Crippen LogP) is 2.63. The highest BCUT2D eigenvalue weighted by Crippen LogP contribution is 2.28. The number of aryl methyl sites for hydroxylation is 1. The van der Waals surface area contributed by atoms with E-state index in [0.717, 1.165) is 23.5 Å². The van der Waals surface area contributed by atoms with E-state index in [4.69, 9.17) is 5.73 Å². The molecule has 0 fully saturated rings. The number of rotatable bonds is 3. The lowest BCUT2D eigenvalue weighted by molar-refractivity contribution is 0.103. The van der Waals surface area contributed by atoms with E-state index in [1.807, 2.05) is 0 Å². The number of nitrogen functional groups attached to an aromatic ring is 1. The molecule has 0 radical (unpaired) electrons. The van der Waals surface area contributed by atoms with Gasteiger partial charge in [-0.1, -0.05) is 11.3 Å². The number of hydrogen-bond acceptors (Lipinski definition) is 5. The number of hydrogen-bond donors (Lipinski definition) is 2. The van der Waals surface area contributed by atoms with Crippen molar-refractivity contribution in [3.8, 4) is 0 Å². The molecule has 0 aliphatic heterocycles. The summed E-state index contributed by atoms with van der Waals surface area (Å²) in [5.41, 5.74) is 5.60. The summed E-state index contributed by atoms with van der Waals surface area (Å²) in [6.07, 6.45) is 0. The number of nitrogens with zero attached hydrogens (tertiary/aromatic N) is 2. The highest BCUT2D eigenvalue weighted by molar-refractivity contribution is 7.18. The van der Waals surface area contributed by atoms with Gasteiger partial charge in [0, 0.05) is 20.2 Å². The molecular formula is C13H14F2N4OS. The number of amides is 1. The lowest BCUT2D eigenvalue weighted by Crippen LogP contribution is -2.13. The van der Waals surface area contributed by atoms with Crippen molar-refractivity contribution in [2.75, 3.05) is 30.0 Å².